The summed E-state index contributed by atoms with van der Waals surface area (Å²) in [6, 6.07) is 8.11. The molecule has 4 rings (SSSR count). The van der Waals surface area contributed by atoms with E-state index in [1.807, 2.05) is 25.1 Å². The second-order valence-corrected chi connectivity index (χ2v) is 6.80. The molecule has 124 valence electrons. The fraction of sp³-hybridized carbons (Fsp3) is 0.353. The van der Waals surface area contributed by atoms with Gasteiger partial charge in [-0.3, -0.25) is 0 Å². The van der Waals surface area contributed by atoms with E-state index in [-0.39, 0.29) is 0 Å². The van der Waals surface area contributed by atoms with Crippen molar-refractivity contribution in [2.24, 2.45) is 0 Å². The molecule has 0 aliphatic carbocycles. The number of anilines is 2. The van der Waals surface area contributed by atoms with E-state index in [9.17, 15) is 0 Å². The molecule has 1 saturated heterocycles. The number of hydrogen-bond donors (Lipinski definition) is 0. The van der Waals surface area contributed by atoms with Crippen molar-refractivity contribution in [3.63, 3.8) is 0 Å². The van der Waals surface area contributed by atoms with Crippen molar-refractivity contribution in [2.75, 3.05) is 43.1 Å². The normalized spacial score (nSPS) is 15.1. The zero-order chi connectivity index (χ0) is 16.5. The third kappa shape index (κ3) is 2.75. The Balaban J connectivity index is 1.52. The van der Waals surface area contributed by atoms with Crippen molar-refractivity contribution in [2.45, 2.75) is 6.92 Å². The molecule has 2 aromatic heterocycles. The van der Waals surface area contributed by atoms with Gasteiger partial charge in [0.2, 0.25) is 0 Å². The highest BCUT2D eigenvalue weighted by Crippen LogP contribution is 2.34. The second kappa shape index (κ2) is 6.24. The summed E-state index contributed by atoms with van der Waals surface area (Å²) in [7, 11) is 1.69. The predicted octanol–water partition coefficient (Wildman–Crippen LogP) is 2.73. The number of ether oxygens (including phenoxy) is 1. The lowest BCUT2D eigenvalue weighted by atomic mass is 10.3. The van der Waals surface area contributed by atoms with E-state index in [1.54, 1.807) is 24.8 Å². The minimum absolute atomic E-state index is 0.838. The van der Waals surface area contributed by atoms with Gasteiger partial charge in [-0.25, -0.2) is 15.0 Å². The van der Waals surface area contributed by atoms with Gasteiger partial charge in [0.25, 0.3) is 0 Å². The Bertz CT molecular complexity index is 857. The molecule has 1 aromatic carbocycles. The van der Waals surface area contributed by atoms with Crippen LogP contribution in [0.5, 0.6) is 5.75 Å². The van der Waals surface area contributed by atoms with Crippen molar-refractivity contribution < 1.29 is 4.74 Å². The third-order valence-electron chi connectivity index (χ3n) is 4.25. The summed E-state index contributed by atoms with van der Waals surface area (Å²) < 4.78 is 6.58. The van der Waals surface area contributed by atoms with Crippen molar-refractivity contribution in [1.82, 2.24) is 15.0 Å². The molecule has 0 bridgehead atoms. The van der Waals surface area contributed by atoms with Crippen LogP contribution in [-0.4, -0.2) is 48.2 Å². The standard InChI is InChI=1S/C17H19N5OS/c1-12-10-15(19-11-18-12)21-6-8-22(9-7-21)17-20-16-13(23-2)4-3-5-14(16)24-17/h3-5,10-11H,6-9H2,1-2H3. The molecule has 6 nitrogen and oxygen atoms in total. The molecule has 0 atom stereocenters. The topological polar surface area (TPSA) is 54.4 Å². The monoisotopic (exact) mass is 341 g/mol. The number of hydrogen-bond acceptors (Lipinski definition) is 7. The van der Waals surface area contributed by atoms with Gasteiger partial charge in [0, 0.05) is 37.9 Å². The van der Waals surface area contributed by atoms with Crippen LogP contribution in [0.3, 0.4) is 0 Å². The van der Waals surface area contributed by atoms with Crippen molar-refractivity contribution >= 4 is 32.5 Å². The lowest BCUT2D eigenvalue weighted by molar-refractivity contribution is 0.419. The number of rotatable bonds is 3. The van der Waals surface area contributed by atoms with Gasteiger partial charge in [-0.1, -0.05) is 17.4 Å². The maximum absolute atomic E-state index is 5.42. The first-order valence-corrected chi connectivity index (χ1v) is 8.78. The minimum Gasteiger partial charge on any atom is -0.494 e. The van der Waals surface area contributed by atoms with E-state index in [4.69, 9.17) is 9.72 Å². The first-order chi connectivity index (χ1) is 11.7. The predicted molar refractivity (Wildman–Crippen MR) is 97.4 cm³/mol. The molecule has 0 unspecified atom stereocenters. The molecular weight excluding hydrogens is 322 g/mol. The molecule has 0 radical (unpaired) electrons. The molecule has 0 N–H and O–H groups in total. The van der Waals surface area contributed by atoms with E-state index < -0.39 is 0 Å². The molecule has 0 spiro atoms. The second-order valence-electron chi connectivity index (χ2n) is 5.80. The van der Waals surface area contributed by atoms with E-state index in [2.05, 4.69) is 25.8 Å². The Hall–Kier alpha value is -2.41. The van der Waals surface area contributed by atoms with Crippen molar-refractivity contribution in [1.29, 1.82) is 0 Å². The largest absolute Gasteiger partial charge is 0.494 e. The van der Waals surface area contributed by atoms with Crippen LogP contribution >= 0.6 is 11.3 Å². The Labute approximate surface area is 144 Å². The van der Waals surface area contributed by atoms with Gasteiger partial charge in [0.1, 0.15) is 23.4 Å². The van der Waals surface area contributed by atoms with Gasteiger partial charge in [-0.15, -0.1) is 0 Å². The smallest absolute Gasteiger partial charge is 0.186 e. The number of aromatic nitrogens is 3. The quantitative estimate of drug-likeness (QED) is 0.730. The van der Waals surface area contributed by atoms with Gasteiger partial charge in [-0.05, 0) is 19.1 Å². The number of thiazole rings is 1. The minimum atomic E-state index is 0.838. The van der Waals surface area contributed by atoms with Crippen LogP contribution < -0.4 is 14.5 Å². The van der Waals surface area contributed by atoms with E-state index in [0.717, 1.165) is 54.1 Å². The van der Waals surface area contributed by atoms with E-state index in [0.29, 0.717) is 0 Å². The molecule has 0 saturated carbocycles. The van der Waals surface area contributed by atoms with E-state index >= 15 is 0 Å². The highest BCUT2D eigenvalue weighted by molar-refractivity contribution is 7.22. The SMILES string of the molecule is COc1cccc2sc(N3CCN(c4cc(C)ncn4)CC3)nc12. The van der Waals surface area contributed by atoms with E-state index in [1.165, 1.54) is 4.70 Å². The number of para-hydroxylation sites is 1. The first-order valence-electron chi connectivity index (χ1n) is 7.96. The zero-order valence-corrected chi connectivity index (χ0v) is 14.6. The molecule has 3 aromatic rings. The highest BCUT2D eigenvalue weighted by atomic mass is 32.1. The zero-order valence-electron chi connectivity index (χ0n) is 13.8. The van der Waals surface area contributed by atoms with Gasteiger partial charge >= 0.3 is 0 Å². The number of benzene rings is 1. The third-order valence-corrected chi connectivity index (χ3v) is 5.34. The number of aryl methyl sites for hydroxylation is 1. The van der Waals surface area contributed by atoms with Gasteiger partial charge in [-0.2, -0.15) is 0 Å². The Morgan fingerprint density at radius 3 is 2.62 bits per heavy atom. The average Bonchev–Trinajstić information content (AvgIpc) is 3.06. The van der Waals surface area contributed by atoms with Crippen LogP contribution in [0.4, 0.5) is 10.9 Å². The summed E-state index contributed by atoms with van der Waals surface area (Å²) in [6.07, 6.45) is 1.64. The maximum atomic E-state index is 5.42. The lowest BCUT2D eigenvalue weighted by Crippen LogP contribution is -2.46. The molecule has 7 heteroatoms. The van der Waals surface area contributed by atoms with Gasteiger partial charge < -0.3 is 14.5 Å². The Morgan fingerprint density at radius 2 is 1.88 bits per heavy atom. The van der Waals surface area contributed by atoms with Crippen LogP contribution in [-0.2, 0) is 0 Å². The van der Waals surface area contributed by atoms with Gasteiger partial charge in [0.05, 0.1) is 11.8 Å². The summed E-state index contributed by atoms with van der Waals surface area (Å²) in [5, 5.41) is 1.06. The number of nitrogens with zero attached hydrogens (tertiary/aromatic N) is 5. The lowest BCUT2D eigenvalue weighted by Gasteiger charge is -2.35. The Kier molecular flexibility index (Phi) is 3.93. The number of piperazine rings is 1. The van der Waals surface area contributed by atoms with Crippen LogP contribution in [0.15, 0.2) is 30.6 Å². The van der Waals surface area contributed by atoms with Crippen molar-refractivity contribution in [3.05, 3.63) is 36.3 Å². The molecular formula is C17H19N5OS. The summed E-state index contributed by atoms with van der Waals surface area (Å²) in [4.78, 5) is 18.0. The van der Waals surface area contributed by atoms with Crippen LogP contribution in [0, 0.1) is 6.92 Å². The maximum Gasteiger partial charge on any atom is 0.186 e. The highest BCUT2D eigenvalue weighted by Gasteiger charge is 2.21. The van der Waals surface area contributed by atoms with Crippen LogP contribution in [0.2, 0.25) is 0 Å². The number of methoxy groups -OCH3 is 1. The fourth-order valence-corrected chi connectivity index (χ4v) is 3.99. The molecule has 1 aliphatic rings. The summed E-state index contributed by atoms with van der Waals surface area (Å²) in [5.41, 5.74) is 1.95. The molecule has 24 heavy (non-hydrogen) atoms. The first kappa shape index (κ1) is 15.1. The molecule has 1 fully saturated rings. The summed E-state index contributed by atoms with van der Waals surface area (Å²) in [6.45, 7) is 5.74. The van der Waals surface area contributed by atoms with Crippen LogP contribution in [0.1, 0.15) is 5.69 Å². The molecule has 1 aliphatic heterocycles. The number of fused-ring (bicyclic) bond motifs is 1. The summed E-state index contributed by atoms with van der Waals surface area (Å²) in [5.74, 6) is 1.85. The Morgan fingerprint density at radius 1 is 1.08 bits per heavy atom. The molecule has 0 amide bonds. The summed E-state index contributed by atoms with van der Waals surface area (Å²) >= 11 is 1.72. The molecule has 3 heterocycles. The fourth-order valence-electron chi connectivity index (χ4n) is 2.95. The van der Waals surface area contributed by atoms with Gasteiger partial charge in [0.15, 0.2) is 5.13 Å². The van der Waals surface area contributed by atoms with Crippen LogP contribution in [0.25, 0.3) is 10.2 Å². The average molecular weight is 341 g/mol. The van der Waals surface area contributed by atoms with Crippen molar-refractivity contribution in [3.8, 4) is 5.75 Å².